The topological polar surface area (TPSA) is 44.5 Å². The van der Waals surface area contributed by atoms with Crippen LogP contribution in [0.2, 0.25) is 5.02 Å². The van der Waals surface area contributed by atoms with Crippen LogP contribution in [0.15, 0.2) is 16.6 Å². The van der Waals surface area contributed by atoms with E-state index in [2.05, 4.69) is 29.8 Å². The summed E-state index contributed by atoms with van der Waals surface area (Å²) < 4.78 is 12.4. The van der Waals surface area contributed by atoms with Crippen molar-refractivity contribution in [3.8, 4) is 5.75 Å². The van der Waals surface area contributed by atoms with Gasteiger partial charge in [-0.3, -0.25) is 0 Å². The highest BCUT2D eigenvalue weighted by molar-refractivity contribution is 9.10. The molecule has 5 heteroatoms. The number of hydrogen-bond acceptors (Lipinski definition) is 3. The van der Waals surface area contributed by atoms with Gasteiger partial charge in [0.25, 0.3) is 0 Å². The molecular formula is C13H17BrClNO2. The third kappa shape index (κ3) is 3.31. The average molecular weight is 335 g/mol. The minimum absolute atomic E-state index is 0.0448. The second-order valence-electron chi connectivity index (χ2n) is 5.16. The number of halogens is 2. The minimum atomic E-state index is -0.0448. The molecule has 1 atom stereocenters. The Labute approximate surface area is 121 Å². The summed E-state index contributed by atoms with van der Waals surface area (Å²) in [6.07, 6.45) is 2.19. The summed E-state index contributed by atoms with van der Waals surface area (Å²) in [7, 11) is 0. The predicted molar refractivity (Wildman–Crippen MR) is 77.2 cm³/mol. The number of benzene rings is 1. The molecule has 1 heterocycles. The zero-order valence-electron chi connectivity index (χ0n) is 10.5. The zero-order valence-corrected chi connectivity index (χ0v) is 12.8. The van der Waals surface area contributed by atoms with E-state index in [1.165, 1.54) is 0 Å². The number of hydrogen-bond donors (Lipinski definition) is 1. The Morgan fingerprint density at radius 2 is 2.28 bits per heavy atom. The number of nitrogens with two attached hydrogens (primary N) is 1. The van der Waals surface area contributed by atoms with Gasteiger partial charge >= 0.3 is 0 Å². The highest BCUT2D eigenvalue weighted by Crippen LogP contribution is 2.36. The van der Waals surface area contributed by atoms with Gasteiger partial charge in [0.05, 0.1) is 21.9 Å². The van der Waals surface area contributed by atoms with Crippen LogP contribution in [0.4, 0.5) is 5.69 Å². The van der Waals surface area contributed by atoms with Gasteiger partial charge in [-0.1, -0.05) is 11.6 Å². The van der Waals surface area contributed by atoms with Gasteiger partial charge in [0.2, 0.25) is 0 Å². The van der Waals surface area contributed by atoms with Crippen LogP contribution < -0.4 is 10.5 Å². The molecule has 0 spiro atoms. The third-order valence-corrected chi connectivity index (χ3v) is 3.81. The Balaban J connectivity index is 1.99. The van der Waals surface area contributed by atoms with Gasteiger partial charge < -0.3 is 15.2 Å². The van der Waals surface area contributed by atoms with E-state index in [0.717, 1.165) is 17.3 Å². The first-order chi connectivity index (χ1) is 8.37. The van der Waals surface area contributed by atoms with E-state index >= 15 is 0 Å². The van der Waals surface area contributed by atoms with Crippen molar-refractivity contribution in [2.45, 2.75) is 38.4 Å². The quantitative estimate of drug-likeness (QED) is 0.849. The van der Waals surface area contributed by atoms with Crippen LogP contribution in [0.3, 0.4) is 0 Å². The maximum Gasteiger partial charge on any atom is 0.156 e. The molecule has 1 aromatic carbocycles. The van der Waals surface area contributed by atoms with Crippen LogP contribution >= 0.6 is 27.5 Å². The van der Waals surface area contributed by atoms with Crippen LogP contribution in [0.5, 0.6) is 5.75 Å². The normalized spacial score (nSPS) is 22.1. The van der Waals surface area contributed by atoms with E-state index in [1.54, 1.807) is 12.1 Å². The van der Waals surface area contributed by atoms with E-state index < -0.39 is 0 Å². The first-order valence-electron chi connectivity index (χ1n) is 5.92. The summed E-state index contributed by atoms with van der Waals surface area (Å²) in [4.78, 5) is 0. The van der Waals surface area contributed by atoms with Crippen LogP contribution in [-0.4, -0.2) is 18.3 Å². The lowest BCUT2D eigenvalue weighted by atomic mass is 10.1. The SMILES string of the molecule is CC1(C)CCC(COc2c(N)cc(Cl)cc2Br)O1. The van der Waals surface area contributed by atoms with Crippen LogP contribution in [0.25, 0.3) is 0 Å². The monoisotopic (exact) mass is 333 g/mol. The van der Waals surface area contributed by atoms with Crippen molar-refractivity contribution in [2.24, 2.45) is 0 Å². The molecule has 2 N–H and O–H groups in total. The van der Waals surface area contributed by atoms with Crippen LogP contribution in [0, 0.1) is 0 Å². The molecule has 3 nitrogen and oxygen atoms in total. The lowest BCUT2D eigenvalue weighted by Gasteiger charge is -2.20. The maximum atomic E-state index is 5.90. The maximum absolute atomic E-state index is 5.90. The fourth-order valence-electron chi connectivity index (χ4n) is 2.10. The Morgan fingerprint density at radius 3 is 2.83 bits per heavy atom. The molecule has 2 rings (SSSR count). The minimum Gasteiger partial charge on any atom is -0.488 e. The Hall–Kier alpha value is -0.450. The molecule has 0 saturated carbocycles. The molecule has 1 fully saturated rings. The van der Waals surface area contributed by atoms with E-state index in [0.29, 0.717) is 23.1 Å². The zero-order chi connectivity index (χ0) is 13.3. The van der Waals surface area contributed by atoms with Crippen molar-refractivity contribution in [1.29, 1.82) is 0 Å². The molecular weight excluding hydrogens is 318 g/mol. The van der Waals surface area contributed by atoms with Gasteiger partial charge in [0.15, 0.2) is 5.75 Å². The Kier molecular flexibility index (Phi) is 4.09. The fourth-order valence-corrected chi connectivity index (χ4v) is 3.05. The molecule has 1 aliphatic heterocycles. The molecule has 0 aromatic heterocycles. The molecule has 0 aliphatic carbocycles. The average Bonchev–Trinajstić information content (AvgIpc) is 2.56. The number of rotatable bonds is 3. The smallest absolute Gasteiger partial charge is 0.156 e. The largest absolute Gasteiger partial charge is 0.488 e. The first kappa shape index (κ1) is 14.0. The summed E-state index contributed by atoms with van der Waals surface area (Å²) in [5, 5.41) is 0.588. The molecule has 1 unspecified atom stereocenters. The highest BCUT2D eigenvalue weighted by atomic mass is 79.9. The first-order valence-corrected chi connectivity index (χ1v) is 7.09. The van der Waals surface area contributed by atoms with Gasteiger partial charge in [0.1, 0.15) is 6.61 Å². The predicted octanol–water partition coefficient (Wildman–Crippen LogP) is 4.02. The van der Waals surface area contributed by atoms with Crippen molar-refractivity contribution < 1.29 is 9.47 Å². The van der Waals surface area contributed by atoms with Gasteiger partial charge in [-0.2, -0.15) is 0 Å². The van der Waals surface area contributed by atoms with Crippen LogP contribution in [0.1, 0.15) is 26.7 Å². The Morgan fingerprint density at radius 1 is 1.56 bits per heavy atom. The van der Waals surface area contributed by atoms with Gasteiger partial charge in [-0.15, -0.1) is 0 Å². The van der Waals surface area contributed by atoms with E-state index in [1.807, 2.05) is 0 Å². The molecule has 100 valence electrons. The molecule has 0 amide bonds. The summed E-state index contributed by atoms with van der Waals surface area (Å²) in [5.41, 5.74) is 6.37. The van der Waals surface area contributed by atoms with Crippen LogP contribution in [-0.2, 0) is 4.74 Å². The second kappa shape index (κ2) is 5.27. The summed E-state index contributed by atoms with van der Waals surface area (Å²) in [6.45, 7) is 4.70. The van der Waals surface area contributed by atoms with Gasteiger partial charge in [0, 0.05) is 5.02 Å². The molecule has 1 aliphatic rings. The van der Waals surface area contributed by atoms with Gasteiger partial charge in [-0.05, 0) is 54.8 Å². The standard InChI is InChI=1S/C13H17BrClNO2/c1-13(2)4-3-9(18-13)7-17-12-10(14)5-8(15)6-11(12)16/h5-6,9H,3-4,7,16H2,1-2H3. The summed E-state index contributed by atoms with van der Waals surface area (Å²) >= 11 is 9.30. The molecule has 0 radical (unpaired) electrons. The highest BCUT2D eigenvalue weighted by Gasteiger charge is 2.32. The summed E-state index contributed by atoms with van der Waals surface area (Å²) in [5.74, 6) is 0.632. The van der Waals surface area contributed by atoms with E-state index in [4.69, 9.17) is 26.8 Å². The molecule has 1 aromatic rings. The lowest BCUT2D eigenvalue weighted by Crippen LogP contribution is -2.24. The van der Waals surface area contributed by atoms with Crippen molar-refractivity contribution in [1.82, 2.24) is 0 Å². The number of anilines is 1. The molecule has 1 saturated heterocycles. The van der Waals surface area contributed by atoms with E-state index in [-0.39, 0.29) is 11.7 Å². The van der Waals surface area contributed by atoms with E-state index in [9.17, 15) is 0 Å². The van der Waals surface area contributed by atoms with Gasteiger partial charge in [-0.25, -0.2) is 0 Å². The van der Waals surface area contributed by atoms with Crippen molar-refractivity contribution in [3.63, 3.8) is 0 Å². The van der Waals surface area contributed by atoms with Crippen molar-refractivity contribution >= 4 is 33.2 Å². The summed E-state index contributed by atoms with van der Waals surface area (Å²) in [6, 6.07) is 3.45. The van der Waals surface area contributed by atoms with Crippen molar-refractivity contribution in [3.05, 3.63) is 21.6 Å². The molecule has 0 bridgehead atoms. The lowest BCUT2D eigenvalue weighted by molar-refractivity contribution is -0.0326. The number of nitrogen functional groups attached to an aromatic ring is 1. The fraction of sp³-hybridized carbons (Fsp3) is 0.538. The molecule has 18 heavy (non-hydrogen) atoms. The third-order valence-electron chi connectivity index (χ3n) is 3.00. The Bertz CT molecular complexity index is 428. The van der Waals surface area contributed by atoms with Crippen molar-refractivity contribution in [2.75, 3.05) is 12.3 Å². The number of ether oxygens (including phenoxy) is 2. The second-order valence-corrected chi connectivity index (χ2v) is 6.45.